The van der Waals surface area contributed by atoms with E-state index in [0.29, 0.717) is 6.42 Å². The molecule has 0 amide bonds. The lowest BCUT2D eigenvalue weighted by atomic mass is 9.83. The topological polar surface area (TPSA) is 63.3 Å². The van der Waals surface area contributed by atoms with Crippen molar-refractivity contribution in [1.29, 1.82) is 0 Å². The van der Waals surface area contributed by atoms with Crippen molar-refractivity contribution in [1.82, 2.24) is 0 Å². The lowest BCUT2D eigenvalue weighted by Crippen LogP contribution is -2.50. The predicted octanol–water partition coefficient (Wildman–Crippen LogP) is 0.400. The minimum absolute atomic E-state index is 0.199. The van der Waals surface area contributed by atoms with Crippen LogP contribution in [0.25, 0.3) is 0 Å². The van der Waals surface area contributed by atoms with Gasteiger partial charge in [-0.2, -0.15) is 0 Å². The molecule has 1 rings (SSSR count). The molecule has 4 heteroatoms. The van der Waals surface area contributed by atoms with E-state index in [2.05, 4.69) is 7.85 Å². The van der Waals surface area contributed by atoms with Crippen LogP contribution in [0, 0.1) is 5.92 Å². The van der Waals surface area contributed by atoms with Crippen LogP contribution in [0.4, 0.5) is 0 Å². The Morgan fingerprint density at radius 2 is 2.38 bits per heavy atom. The van der Waals surface area contributed by atoms with Gasteiger partial charge in [-0.3, -0.25) is 4.79 Å². The van der Waals surface area contributed by atoms with Crippen LogP contribution in [0.1, 0.15) is 32.1 Å². The van der Waals surface area contributed by atoms with E-state index in [0.717, 1.165) is 32.0 Å². The highest BCUT2D eigenvalue weighted by atomic mass is 16.4. The molecule has 0 bridgehead atoms. The Morgan fingerprint density at radius 3 is 2.92 bits per heavy atom. The Hall–Kier alpha value is -0.505. The smallest absolute Gasteiger partial charge is 0.323 e. The number of carboxylic acid groups (broad SMARTS) is 1. The molecular formula is C9H18BNO2. The normalized spacial score (nSPS) is 33.5. The van der Waals surface area contributed by atoms with Crippen molar-refractivity contribution in [2.24, 2.45) is 11.7 Å². The van der Waals surface area contributed by atoms with E-state index >= 15 is 0 Å². The van der Waals surface area contributed by atoms with Gasteiger partial charge in [-0.15, -0.1) is 0 Å². The fourth-order valence-corrected chi connectivity index (χ4v) is 2.24. The molecule has 0 aromatic heterocycles. The molecule has 0 aromatic carbocycles. The second kappa shape index (κ2) is 4.14. The van der Waals surface area contributed by atoms with Crippen molar-refractivity contribution < 1.29 is 9.90 Å². The number of hydrogen-bond donors (Lipinski definition) is 2. The Balaban J connectivity index is 2.57. The minimum atomic E-state index is -0.921. The summed E-state index contributed by atoms with van der Waals surface area (Å²) in [5, 5.41) is 9.02. The SMILES string of the molecule is BCCC[C@@H]1CCC[C@@]1(N)C(=O)O. The highest BCUT2D eigenvalue weighted by Gasteiger charge is 2.45. The molecule has 1 aliphatic carbocycles. The summed E-state index contributed by atoms with van der Waals surface area (Å²) in [5.41, 5.74) is 4.97. The summed E-state index contributed by atoms with van der Waals surface area (Å²) in [4.78, 5) is 11.0. The van der Waals surface area contributed by atoms with Crippen LogP contribution in [0.2, 0.25) is 6.32 Å². The fourth-order valence-electron chi connectivity index (χ4n) is 2.24. The summed E-state index contributed by atoms with van der Waals surface area (Å²) in [6, 6.07) is 0. The van der Waals surface area contributed by atoms with E-state index in [9.17, 15) is 4.79 Å². The summed E-state index contributed by atoms with van der Waals surface area (Å²) in [5.74, 6) is -0.615. The largest absolute Gasteiger partial charge is 0.480 e. The molecule has 0 saturated heterocycles. The van der Waals surface area contributed by atoms with E-state index < -0.39 is 11.5 Å². The van der Waals surface area contributed by atoms with Crippen molar-refractivity contribution in [3.05, 3.63) is 0 Å². The number of carbonyl (C=O) groups is 1. The van der Waals surface area contributed by atoms with Gasteiger partial charge in [-0.1, -0.05) is 19.2 Å². The molecule has 13 heavy (non-hydrogen) atoms. The summed E-state index contributed by atoms with van der Waals surface area (Å²) in [6.07, 6.45) is 5.79. The maximum Gasteiger partial charge on any atom is 0.323 e. The van der Waals surface area contributed by atoms with E-state index in [1.807, 2.05) is 0 Å². The number of carboxylic acids is 1. The van der Waals surface area contributed by atoms with Gasteiger partial charge in [0.2, 0.25) is 0 Å². The van der Waals surface area contributed by atoms with Crippen LogP contribution in [0.5, 0.6) is 0 Å². The molecule has 3 nitrogen and oxygen atoms in total. The first kappa shape index (κ1) is 10.6. The first-order valence-corrected chi connectivity index (χ1v) is 5.13. The van der Waals surface area contributed by atoms with Crippen molar-refractivity contribution in [3.63, 3.8) is 0 Å². The molecule has 0 aliphatic heterocycles. The zero-order chi connectivity index (χ0) is 9.90. The Bertz CT molecular complexity index is 198. The Kier molecular flexibility index (Phi) is 3.36. The summed E-state index contributed by atoms with van der Waals surface area (Å²) in [6.45, 7) is 0. The van der Waals surface area contributed by atoms with Crippen LogP contribution in [0.3, 0.4) is 0 Å². The summed E-state index contributed by atoms with van der Waals surface area (Å²) < 4.78 is 0. The Morgan fingerprint density at radius 1 is 1.69 bits per heavy atom. The molecule has 2 atom stereocenters. The quantitative estimate of drug-likeness (QED) is 0.620. The van der Waals surface area contributed by atoms with E-state index in [4.69, 9.17) is 10.8 Å². The highest BCUT2D eigenvalue weighted by molar-refractivity contribution is 6.08. The number of aliphatic carboxylic acids is 1. The lowest BCUT2D eigenvalue weighted by molar-refractivity contribution is -0.144. The maximum atomic E-state index is 11.0. The van der Waals surface area contributed by atoms with Crippen LogP contribution in [0.15, 0.2) is 0 Å². The summed E-state index contributed by atoms with van der Waals surface area (Å²) >= 11 is 0. The number of rotatable bonds is 4. The first-order valence-electron chi connectivity index (χ1n) is 5.13. The van der Waals surface area contributed by atoms with Gasteiger partial charge in [-0.25, -0.2) is 0 Å². The maximum absolute atomic E-state index is 11.0. The summed E-state index contributed by atoms with van der Waals surface area (Å²) in [7, 11) is 2.12. The van der Waals surface area contributed by atoms with Crippen LogP contribution in [-0.2, 0) is 4.79 Å². The van der Waals surface area contributed by atoms with Crippen LogP contribution >= 0.6 is 0 Å². The van der Waals surface area contributed by atoms with Gasteiger partial charge in [0.1, 0.15) is 13.4 Å². The third kappa shape index (κ3) is 2.05. The molecular weight excluding hydrogens is 165 g/mol. The second-order valence-electron chi connectivity index (χ2n) is 4.08. The molecule has 1 fully saturated rings. The van der Waals surface area contributed by atoms with Gasteiger partial charge < -0.3 is 10.8 Å². The van der Waals surface area contributed by atoms with E-state index in [-0.39, 0.29) is 5.92 Å². The molecule has 0 radical (unpaired) electrons. The molecule has 0 heterocycles. The second-order valence-corrected chi connectivity index (χ2v) is 4.08. The van der Waals surface area contributed by atoms with Gasteiger partial charge in [0.05, 0.1) is 0 Å². The number of nitrogens with two attached hydrogens (primary N) is 1. The van der Waals surface area contributed by atoms with Crippen molar-refractivity contribution in [2.45, 2.75) is 44.0 Å². The van der Waals surface area contributed by atoms with Crippen molar-refractivity contribution in [3.8, 4) is 0 Å². The van der Waals surface area contributed by atoms with Gasteiger partial charge in [-0.05, 0) is 25.2 Å². The predicted molar refractivity (Wildman–Crippen MR) is 54.5 cm³/mol. The molecule has 3 N–H and O–H groups in total. The molecule has 0 unspecified atom stereocenters. The van der Waals surface area contributed by atoms with Crippen LogP contribution in [-0.4, -0.2) is 24.5 Å². The van der Waals surface area contributed by atoms with Gasteiger partial charge in [0.25, 0.3) is 0 Å². The number of hydrogen-bond acceptors (Lipinski definition) is 2. The van der Waals surface area contributed by atoms with Gasteiger partial charge >= 0.3 is 5.97 Å². The standard InChI is InChI=1S/C9H18BNO2/c10-6-2-4-7-3-1-5-9(7,11)8(12)13/h7H,1-6,10-11H2,(H,12,13)/t7-,9-/m0/s1. The van der Waals surface area contributed by atoms with Gasteiger partial charge in [0.15, 0.2) is 0 Å². The van der Waals surface area contributed by atoms with Crippen molar-refractivity contribution in [2.75, 3.05) is 0 Å². The monoisotopic (exact) mass is 183 g/mol. The third-order valence-electron chi connectivity index (χ3n) is 3.18. The minimum Gasteiger partial charge on any atom is -0.480 e. The van der Waals surface area contributed by atoms with E-state index in [1.165, 1.54) is 0 Å². The molecule has 0 aromatic rings. The molecule has 74 valence electrons. The highest BCUT2D eigenvalue weighted by Crippen LogP contribution is 2.37. The fraction of sp³-hybridized carbons (Fsp3) is 0.889. The first-order chi connectivity index (χ1) is 6.11. The molecule has 0 spiro atoms. The van der Waals surface area contributed by atoms with Gasteiger partial charge in [0, 0.05) is 0 Å². The third-order valence-corrected chi connectivity index (χ3v) is 3.18. The lowest BCUT2D eigenvalue weighted by Gasteiger charge is -2.26. The zero-order valence-electron chi connectivity index (χ0n) is 8.25. The van der Waals surface area contributed by atoms with E-state index in [1.54, 1.807) is 0 Å². The van der Waals surface area contributed by atoms with Crippen LogP contribution < -0.4 is 5.73 Å². The zero-order valence-corrected chi connectivity index (χ0v) is 8.25. The molecule has 1 aliphatic rings. The average molecular weight is 183 g/mol. The molecule has 1 saturated carbocycles. The van der Waals surface area contributed by atoms with Crippen molar-refractivity contribution >= 4 is 13.8 Å². The average Bonchev–Trinajstić information content (AvgIpc) is 2.45. The Labute approximate surface area is 80.1 Å².